The van der Waals surface area contributed by atoms with Crippen LogP contribution >= 0.6 is 0 Å². The number of aromatic nitrogens is 2. The number of aromatic hydroxyl groups is 1. The molecule has 1 heterocycles. The molecular weight excluding hydrogens is 226 g/mol. The van der Waals surface area contributed by atoms with E-state index in [2.05, 4.69) is 29.1 Å². The molecule has 0 aliphatic rings. The number of phenolic OH excluding ortho intramolecular Hbond substituents is 1. The minimum absolute atomic E-state index is 0.295. The summed E-state index contributed by atoms with van der Waals surface area (Å²) in [6, 6.07) is 9.20. The van der Waals surface area contributed by atoms with E-state index in [9.17, 15) is 5.11 Å². The van der Waals surface area contributed by atoms with Crippen LogP contribution in [0.2, 0.25) is 0 Å². The molecule has 0 bridgehead atoms. The smallest absolute Gasteiger partial charge is 0.129 e. The molecule has 0 fully saturated rings. The van der Waals surface area contributed by atoms with Crippen LogP contribution in [0.1, 0.15) is 31.0 Å². The zero-order chi connectivity index (χ0) is 13.0. The monoisotopic (exact) mass is 243 g/mol. The SMILES string of the molecule is CC(C)c1cc(NCc2ccccc2O)ncn1. The zero-order valence-electron chi connectivity index (χ0n) is 10.6. The first-order chi connectivity index (χ1) is 8.66. The topological polar surface area (TPSA) is 58.0 Å². The third-order valence-electron chi connectivity index (χ3n) is 2.73. The van der Waals surface area contributed by atoms with E-state index in [0.29, 0.717) is 18.2 Å². The Labute approximate surface area is 107 Å². The predicted molar refractivity (Wildman–Crippen MR) is 71.6 cm³/mol. The lowest BCUT2D eigenvalue weighted by Gasteiger charge is -2.09. The van der Waals surface area contributed by atoms with Crippen molar-refractivity contribution in [1.29, 1.82) is 0 Å². The second kappa shape index (κ2) is 5.49. The van der Waals surface area contributed by atoms with Crippen molar-refractivity contribution in [2.24, 2.45) is 0 Å². The van der Waals surface area contributed by atoms with E-state index in [0.717, 1.165) is 17.1 Å². The maximum Gasteiger partial charge on any atom is 0.129 e. The van der Waals surface area contributed by atoms with E-state index in [1.165, 1.54) is 0 Å². The van der Waals surface area contributed by atoms with Crippen molar-refractivity contribution in [1.82, 2.24) is 9.97 Å². The number of para-hydroxylation sites is 1. The van der Waals surface area contributed by atoms with Gasteiger partial charge in [0.25, 0.3) is 0 Å². The van der Waals surface area contributed by atoms with Crippen LogP contribution < -0.4 is 5.32 Å². The van der Waals surface area contributed by atoms with Crippen LogP contribution in [0.3, 0.4) is 0 Å². The summed E-state index contributed by atoms with van der Waals surface area (Å²) in [5.41, 5.74) is 1.85. The largest absolute Gasteiger partial charge is 0.508 e. The van der Waals surface area contributed by atoms with Crippen LogP contribution in [0.15, 0.2) is 36.7 Å². The fraction of sp³-hybridized carbons (Fsp3) is 0.286. The Hall–Kier alpha value is -2.10. The van der Waals surface area contributed by atoms with E-state index in [1.807, 2.05) is 18.2 Å². The number of phenols is 1. The van der Waals surface area contributed by atoms with Gasteiger partial charge in [-0.1, -0.05) is 32.0 Å². The Kier molecular flexibility index (Phi) is 3.77. The van der Waals surface area contributed by atoms with Gasteiger partial charge in [0.15, 0.2) is 0 Å². The summed E-state index contributed by atoms with van der Waals surface area (Å²) >= 11 is 0. The molecule has 2 rings (SSSR count). The first-order valence-electron chi connectivity index (χ1n) is 5.99. The van der Waals surface area contributed by atoms with Crippen LogP contribution in [0.4, 0.5) is 5.82 Å². The van der Waals surface area contributed by atoms with Crippen molar-refractivity contribution < 1.29 is 5.11 Å². The van der Waals surface area contributed by atoms with Gasteiger partial charge in [-0.05, 0) is 12.0 Å². The zero-order valence-corrected chi connectivity index (χ0v) is 10.6. The molecule has 94 valence electrons. The Balaban J connectivity index is 2.07. The Morgan fingerprint density at radius 3 is 2.72 bits per heavy atom. The normalized spacial score (nSPS) is 10.6. The quantitative estimate of drug-likeness (QED) is 0.866. The molecule has 0 aliphatic carbocycles. The lowest BCUT2D eigenvalue weighted by Crippen LogP contribution is -2.03. The maximum atomic E-state index is 9.66. The first kappa shape index (κ1) is 12.4. The molecule has 0 amide bonds. The Bertz CT molecular complexity index is 526. The average Bonchev–Trinajstić information content (AvgIpc) is 2.38. The molecule has 0 unspecified atom stereocenters. The van der Waals surface area contributed by atoms with Gasteiger partial charge in [-0.15, -0.1) is 0 Å². The summed E-state index contributed by atoms with van der Waals surface area (Å²) in [6.45, 7) is 4.73. The summed E-state index contributed by atoms with van der Waals surface area (Å²) in [5.74, 6) is 1.44. The van der Waals surface area contributed by atoms with Crippen LogP contribution in [0.5, 0.6) is 5.75 Å². The summed E-state index contributed by atoms with van der Waals surface area (Å²) in [5, 5.41) is 12.8. The molecule has 2 N–H and O–H groups in total. The van der Waals surface area contributed by atoms with Crippen LogP contribution in [-0.4, -0.2) is 15.1 Å². The van der Waals surface area contributed by atoms with Gasteiger partial charge in [-0.25, -0.2) is 9.97 Å². The van der Waals surface area contributed by atoms with Gasteiger partial charge in [0.05, 0.1) is 0 Å². The molecule has 18 heavy (non-hydrogen) atoms. The van der Waals surface area contributed by atoms with E-state index in [-0.39, 0.29) is 0 Å². The number of hydrogen-bond donors (Lipinski definition) is 2. The summed E-state index contributed by atoms with van der Waals surface area (Å²) in [6.07, 6.45) is 1.56. The molecule has 2 aromatic rings. The van der Waals surface area contributed by atoms with Gasteiger partial charge in [0.1, 0.15) is 17.9 Å². The molecule has 0 atom stereocenters. The third-order valence-corrected chi connectivity index (χ3v) is 2.73. The highest BCUT2D eigenvalue weighted by Crippen LogP contribution is 2.18. The lowest BCUT2D eigenvalue weighted by atomic mass is 10.1. The summed E-state index contributed by atoms with van der Waals surface area (Å²) in [4.78, 5) is 8.37. The number of benzene rings is 1. The fourth-order valence-electron chi connectivity index (χ4n) is 1.63. The van der Waals surface area contributed by atoms with Gasteiger partial charge >= 0.3 is 0 Å². The minimum Gasteiger partial charge on any atom is -0.508 e. The fourth-order valence-corrected chi connectivity index (χ4v) is 1.63. The minimum atomic E-state index is 0.295. The van der Waals surface area contributed by atoms with Gasteiger partial charge < -0.3 is 10.4 Å². The molecule has 0 saturated heterocycles. The van der Waals surface area contributed by atoms with Gasteiger partial charge in [0, 0.05) is 23.9 Å². The Morgan fingerprint density at radius 2 is 2.00 bits per heavy atom. The average molecular weight is 243 g/mol. The second-order valence-corrected chi connectivity index (χ2v) is 4.47. The molecule has 0 radical (unpaired) electrons. The Morgan fingerprint density at radius 1 is 1.22 bits per heavy atom. The highest BCUT2D eigenvalue weighted by molar-refractivity contribution is 5.39. The van der Waals surface area contributed by atoms with Crippen LogP contribution in [-0.2, 0) is 6.54 Å². The molecule has 1 aromatic heterocycles. The van der Waals surface area contributed by atoms with Crippen molar-refractivity contribution in [3.63, 3.8) is 0 Å². The van der Waals surface area contributed by atoms with Gasteiger partial charge in [0.2, 0.25) is 0 Å². The van der Waals surface area contributed by atoms with Crippen LogP contribution in [0, 0.1) is 0 Å². The van der Waals surface area contributed by atoms with E-state index in [4.69, 9.17) is 0 Å². The number of anilines is 1. The molecule has 0 aliphatic heterocycles. The van der Waals surface area contributed by atoms with Crippen molar-refractivity contribution in [2.45, 2.75) is 26.3 Å². The van der Waals surface area contributed by atoms with E-state index in [1.54, 1.807) is 18.5 Å². The molecule has 1 aromatic carbocycles. The van der Waals surface area contributed by atoms with Crippen molar-refractivity contribution in [3.8, 4) is 5.75 Å². The predicted octanol–water partition coefficient (Wildman–Crippen LogP) is 2.92. The lowest BCUT2D eigenvalue weighted by molar-refractivity contribution is 0.469. The van der Waals surface area contributed by atoms with Crippen molar-refractivity contribution in [3.05, 3.63) is 47.9 Å². The molecule has 0 saturated carbocycles. The van der Waals surface area contributed by atoms with Gasteiger partial charge in [-0.2, -0.15) is 0 Å². The third kappa shape index (κ3) is 2.97. The molecule has 0 spiro atoms. The van der Waals surface area contributed by atoms with E-state index < -0.39 is 0 Å². The molecule has 4 heteroatoms. The summed E-state index contributed by atoms with van der Waals surface area (Å²) in [7, 11) is 0. The second-order valence-electron chi connectivity index (χ2n) is 4.47. The van der Waals surface area contributed by atoms with Gasteiger partial charge in [-0.3, -0.25) is 0 Å². The molecule has 4 nitrogen and oxygen atoms in total. The standard InChI is InChI=1S/C14H17N3O/c1-10(2)12-7-14(17-9-16-12)15-8-11-5-3-4-6-13(11)18/h3-7,9-10,18H,8H2,1-2H3,(H,15,16,17). The highest BCUT2D eigenvalue weighted by Gasteiger charge is 2.04. The number of hydrogen-bond acceptors (Lipinski definition) is 4. The molecular formula is C14H17N3O. The number of rotatable bonds is 4. The maximum absolute atomic E-state index is 9.66. The van der Waals surface area contributed by atoms with Crippen molar-refractivity contribution in [2.75, 3.05) is 5.32 Å². The van der Waals surface area contributed by atoms with E-state index >= 15 is 0 Å². The number of nitrogens with one attached hydrogen (secondary N) is 1. The van der Waals surface area contributed by atoms with Crippen molar-refractivity contribution >= 4 is 5.82 Å². The highest BCUT2D eigenvalue weighted by atomic mass is 16.3. The summed E-state index contributed by atoms with van der Waals surface area (Å²) < 4.78 is 0. The van der Waals surface area contributed by atoms with Crippen LogP contribution in [0.25, 0.3) is 0 Å². The number of nitrogens with zero attached hydrogens (tertiary/aromatic N) is 2. The first-order valence-corrected chi connectivity index (χ1v) is 5.99.